The van der Waals surface area contributed by atoms with Gasteiger partial charge in [-0.1, -0.05) is 55.8 Å². The Morgan fingerprint density at radius 3 is 2.66 bits per heavy atom. The van der Waals surface area contributed by atoms with E-state index in [2.05, 4.69) is 36.6 Å². The maximum absolute atomic E-state index is 12.9. The van der Waals surface area contributed by atoms with E-state index in [-0.39, 0.29) is 11.8 Å². The number of hydrogen-bond acceptors (Lipinski definition) is 3. The van der Waals surface area contributed by atoms with E-state index in [0.29, 0.717) is 37.1 Å². The number of benzene rings is 3. The predicted octanol–water partition coefficient (Wildman–Crippen LogP) is 6.80. The van der Waals surface area contributed by atoms with Gasteiger partial charge in [-0.2, -0.15) is 0 Å². The van der Waals surface area contributed by atoms with Crippen LogP contribution in [0.1, 0.15) is 49.9 Å². The average Bonchev–Trinajstić information content (AvgIpc) is 3.44. The molecule has 2 atom stereocenters. The molecule has 0 aliphatic carbocycles. The Kier molecular flexibility index (Phi) is 6.78. The Morgan fingerprint density at radius 1 is 1.09 bits per heavy atom. The molecule has 0 N–H and O–H groups in total. The lowest BCUT2D eigenvalue weighted by Gasteiger charge is -2.18. The van der Waals surface area contributed by atoms with Gasteiger partial charge in [0.1, 0.15) is 18.2 Å². The zero-order valence-electron chi connectivity index (χ0n) is 20.2. The molecule has 3 aromatic carbocycles. The predicted molar refractivity (Wildman–Crippen MR) is 142 cm³/mol. The van der Waals surface area contributed by atoms with Gasteiger partial charge in [0.05, 0.1) is 17.6 Å². The molecular formula is C29H30ClN3O2. The first-order valence-electron chi connectivity index (χ1n) is 12.3. The summed E-state index contributed by atoms with van der Waals surface area (Å²) in [6.45, 7) is 6.21. The minimum absolute atomic E-state index is 0.00342. The highest BCUT2D eigenvalue weighted by Gasteiger charge is 2.34. The highest BCUT2D eigenvalue weighted by atomic mass is 35.5. The summed E-state index contributed by atoms with van der Waals surface area (Å²) in [4.78, 5) is 19.7. The van der Waals surface area contributed by atoms with Gasteiger partial charge in [-0.05, 0) is 60.4 Å². The third-order valence-corrected chi connectivity index (χ3v) is 7.17. The molecule has 180 valence electrons. The van der Waals surface area contributed by atoms with Crippen molar-refractivity contribution < 1.29 is 9.53 Å². The van der Waals surface area contributed by atoms with Crippen molar-refractivity contribution in [1.82, 2.24) is 9.55 Å². The number of carbonyl (C=O) groups excluding carboxylic acids is 1. The van der Waals surface area contributed by atoms with Gasteiger partial charge in [0.25, 0.3) is 0 Å². The Balaban J connectivity index is 1.35. The van der Waals surface area contributed by atoms with Crippen molar-refractivity contribution in [2.75, 3.05) is 18.1 Å². The number of para-hydroxylation sites is 2. The highest BCUT2D eigenvalue weighted by Crippen LogP contribution is 2.34. The molecule has 1 aliphatic rings. The van der Waals surface area contributed by atoms with Crippen LogP contribution in [0.5, 0.6) is 5.75 Å². The van der Waals surface area contributed by atoms with Crippen LogP contribution in [0.4, 0.5) is 5.69 Å². The Morgan fingerprint density at radius 2 is 1.89 bits per heavy atom. The number of hydrogen-bond donors (Lipinski definition) is 0. The molecule has 0 saturated carbocycles. The Labute approximate surface area is 211 Å². The molecular weight excluding hydrogens is 458 g/mol. The zero-order chi connectivity index (χ0) is 24.4. The van der Waals surface area contributed by atoms with Gasteiger partial charge in [-0.15, -0.1) is 0 Å². The van der Waals surface area contributed by atoms with E-state index in [4.69, 9.17) is 21.3 Å². The smallest absolute Gasteiger partial charge is 0.227 e. The van der Waals surface area contributed by atoms with Crippen molar-refractivity contribution in [3.63, 3.8) is 0 Å². The summed E-state index contributed by atoms with van der Waals surface area (Å²) in [5.41, 5.74) is 4.16. The van der Waals surface area contributed by atoms with Gasteiger partial charge in [0.15, 0.2) is 0 Å². The second-order valence-electron chi connectivity index (χ2n) is 9.22. The number of nitrogens with zero attached hydrogens (tertiary/aromatic N) is 3. The van der Waals surface area contributed by atoms with E-state index in [0.717, 1.165) is 34.7 Å². The molecule has 0 radical (unpaired) electrons. The first kappa shape index (κ1) is 23.4. The molecule has 5 rings (SSSR count). The number of fused-ring (bicyclic) bond motifs is 1. The minimum atomic E-state index is 0.00342. The quantitative estimate of drug-likeness (QED) is 0.274. The van der Waals surface area contributed by atoms with Crippen molar-refractivity contribution in [3.8, 4) is 5.75 Å². The van der Waals surface area contributed by atoms with Crippen molar-refractivity contribution in [2.24, 2.45) is 0 Å². The largest absolute Gasteiger partial charge is 0.492 e. The second-order valence-corrected chi connectivity index (χ2v) is 9.66. The van der Waals surface area contributed by atoms with Gasteiger partial charge in [-0.25, -0.2) is 4.98 Å². The van der Waals surface area contributed by atoms with E-state index in [1.165, 1.54) is 5.56 Å². The molecule has 4 aromatic rings. The maximum atomic E-state index is 12.9. The monoisotopic (exact) mass is 487 g/mol. The second kappa shape index (κ2) is 10.1. The maximum Gasteiger partial charge on any atom is 0.227 e. The molecule has 1 amide bonds. The van der Waals surface area contributed by atoms with Gasteiger partial charge in [-0.3, -0.25) is 4.79 Å². The first-order chi connectivity index (χ1) is 17.0. The van der Waals surface area contributed by atoms with Crippen LogP contribution in [-0.4, -0.2) is 28.6 Å². The lowest BCUT2D eigenvalue weighted by molar-refractivity contribution is -0.117. The fraction of sp³-hybridized carbons (Fsp3) is 0.310. The number of amides is 1. The van der Waals surface area contributed by atoms with Crippen LogP contribution >= 0.6 is 11.6 Å². The number of aromatic nitrogens is 2. The number of carbonyl (C=O) groups is 1. The van der Waals surface area contributed by atoms with Crippen molar-refractivity contribution in [3.05, 3.63) is 89.2 Å². The molecule has 0 unspecified atom stereocenters. The van der Waals surface area contributed by atoms with Crippen LogP contribution < -0.4 is 9.64 Å². The molecule has 6 heteroatoms. The minimum Gasteiger partial charge on any atom is -0.492 e. The average molecular weight is 488 g/mol. The topological polar surface area (TPSA) is 47.4 Å². The summed E-state index contributed by atoms with van der Waals surface area (Å²) in [6, 6.07) is 24.0. The van der Waals surface area contributed by atoms with E-state index in [1.54, 1.807) is 0 Å². The third-order valence-electron chi connectivity index (χ3n) is 6.94. The molecule has 1 fully saturated rings. The van der Waals surface area contributed by atoms with Crippen molar-refractivity contribution in [2.45, 2.75) is 45.1 Å². The number of imidazole rings is 1. The van der Waals surface area contributed by atoms with E-state index >= 15 is 0 Å². The van der Waals surface area contributed by atoms with Gasteiger partial charge >= 0.3 is 0 Å². The molecule has 5 nitrogen and oxygen atoms in total. The standard InChI is InChI=1S/C29H30ClN3O2/c1-3-20(2)21-11-13-25(14-12-21)35-16-15-32-27-10-5-4-9-26(27)31-29(32)22-17-28(34)33(19-22)24-8-6-7-23(30)18-24/h4-14,18,20,22H,3,15-17,19H2,1-2H3/t20-,22+/m0/s1. The normalized spacial score (nSPS) is 16.7. The van der Waals surface area contributed by atoms with Crippen molar-refractivity contribution >= 4 is 34.2 Å². The lowest BCUT2D eigenvalue weighted by Crippen LogP contribution is -2.24. The van der Waals surface area contributed by atoms with Crippen LogP contribution in [0.3, 0.4) is 0 Å². The van der Waals surface area contributed by atoms with Crippen LogP contribution in [0, 0.1) is 0 Å². The number of halogens is 1. The highest BCUT2D eigenvalue weighted by molar-refractivity contribution is 6.30. The number of ether oxygens (including phenoxy) is 1. The summed E-state index contributed by atoms with van der Waals surface area (Å²) in [6.07, 6.45) is 1.54. The van der Waals surface area contributed by atoms with Crippen LogP contribution in [0.2, 0.25) is 5.02 Å². The summed E-state index contributed by atoms with van der Waals surface area (Å²) in [5.74, 6) is 2.44. The number of rotatable bonds is 8. The molecule has 2 heterocycles. The Hall–Kier alpha value is -3.31. The fourth-order valence-corrected chi connectivity index (χ4v) is 4.98. The van der Waals surface area contributed by atoms with Crippen LogP contribution in [-0.2, 0) is 11.3 Å². The molecule has 0 spiro atoms. The molecule has 1 saturated heterocycles. The number of anilines is 1. The molecule has 35 heavy (non-hydrogen) atoms. The summed E-state index contributed by atoms with van der Waals surface area (Å²) < 4.78 is 8.31. The lowest BCUT2D eigenvalue weighted by atomic mass is 9.99. The summed E-state index contributed by atoms with van der Waals surface area (Å²) in [5, 5.41) is 0.625. The van der Waals surface area contributed by atoms with E-state index in [9.17, 15) is 4.79 Å². The van der Waals surface area contributed by atoms with Crippen LogP contribution in [0.25, 0.3) is 11.0 Å². The van der Waals surface area contributed by atoms with Crippen LogP contribution in [0.15, 0.2) is 72.8 Å². The van der Waals surface area contributed by atoms with Crippen molar-refractivity contribution in [1.29, 1.82) is 0 Å². The SMILES string of the molecule is CC[C@H](C)c1ccc(OCCn2c([C@@H]3CC(=O)N(c4cccc(Cl)c4)C3)nc3ccccc32)cc1. The summed E-state index contributed by atoms with van der Waals surface area (Å²) in [7, 11) is 0. The molecule has 0 bridgehead atoms. The fourth-order valence-electron chi connectivity index (χ4n) is 4.80. The van der Waals surface area contributed by atoms with Gasteiger partial charge in [0.2, 0.25) is 5.91 Å². The first-order valence-corrected chi connectivity index (χ1v) is 12.6. The third kappa shape index (κ3) is 4.92. The summed E-state index contributed by atoms with van der Waals surface area (Å²) >= 11 is 6.17. The molecule has 1 aromatic heterocycles. The van der Waals surface area contributed by atoms with Gasteiger partial charge in [0, 0.05) is 29.6 Å². The zero-order valence-corrected chi connectivity index (χ0v) is 20.9. The molecule has 1 aliphatic heterocycles. The van der Waals surface area contributed by atoms with Gasteiger partial charge < -0.3 is 14.2 Å². The Bertz CT molecular complexity index is 1330. The van der Waals surface area contributed by atoms with E-state index in [1.807, 2.05) is 59.5 Å². The van der Waals surface area contributed by atoms with E-state index < -0.39 is 0 Å².